The second kappa shape index (κ2) is 3.59. The smallest absolute Gasteiger partial charge is 0.258 e. The zero-order chi connectivity index (χ0) is 9.97. The fraction of sp³-hybridized carbons (Fsp3) is 0.200. The number of aliphatic hydroxyl groups excluding tert-OH is 1. The Morgan fingerprint density at radius 2 is 2.14 bits per heavy atom. The van der Waals surface area contributed by atoms with E-state index in [-0.39, 0.29) is 6.61 Å². The minimum Gasteiger partial charge on any atom is -0.392 e. The SMILES string of the molecule is Cc1noc(-c2ccccc2CO)n1. The van der Waals surface area contributed by atoms with Crippen LogP contribution in [0, 0.1) is 6.92 Å². The molecule has 4 nitrogen and oxygen atoms in total. The zero-order valence-electron chi connectivity index (χ0n) is 7.77. The molecule has 0 spiro atoms. The number of rotatable bonds is 2. The highest BCUT2D eigenvalue weighted by Crippen LogP contribution is 2.21. The molecule has 4 heteroatoms. The highest BCUT2D eigenvalue weighted by molar-refractivity contribution is 5.57. The Morgan fingerprint density at radius 1 is 1.36 bits per heavy atom. The maximum atomic E-state index is 9.10. The summed E-state index contributed by atoms with van der Waals surface area (Å²) in [7, 11) is 0. The highest BCUT2D eigenvalue weighted by atomic mass is 16.5. The molecular weight excluding hydrogens is 180 g/mol. The van der Waals surface area contributed by atoms with Crippen molar-refractivity contribution >= 4 is 0 Å². The van der Waals surface area contributed by atoms with E-state index >= 15 is 0 Å². The monoisotopic (exact) mass is 190 g/mol. The van der Waals surface area contributed by atoms with Crippen molar-refractivity contribution in [3.63, 3.8) is 0 Å². The quantitative estimate of drug-likeness (QED) is 0.780. The molecule has 1 N–H and O–H groups in total. The molecule has 0 saturated heterocycles. The lowest BCUT2D eigenvalue weighted by atomic mass is 10.1. The van der Waals surface area contributed by atoms with Crippen LogP contribution in [0.15, 0.2) is 28.8 Å². The van der Waals surface area contributed by atoms with Crippen LogP contribution >= 0.6 is 0 Å². The lowest BCUT2D eigenvalue weighted by Gasteiger charge is -2.00. The van der Waals surface area contributed by atoms with E-state index < -0.39 is 0 Å². The first-order chi connectivity index (χ1) is 6.81. The first kappa shape index (κ1) is 8.90. The van der Waals surface area contributed by atoms with E-state index in [2.05, 4.69) is 10.1 Å². The predicted molar refractivity (Wildman–Crippen MR) is 50.4 cm³/mol. The van der Waals surface area contributed by atoms with Crippen LogP contribution in [0.25, 0.3) is 11.5 Å². The van der Waals surface area contributed by atoms with Crippen molar-refractivity contribution in [2.45, 2.75) is 13.5 Å². The van der Waals surface area contributed by atoms with E-state index in [0.29, 0.717) is 11.7 Å². The highest BCUT2D eigenvalue weighted by Gasteiger charge is 2.09. The number of aromatic nitrogens is 2. The summed E-state index contributed by atoms with van der Waals surface area (Å²) in [6.07, 6.45) is 0. The Morgan fingerprint density at radius 3 is 2.79 bits per heavy atom. The number of nitrogens with zero attached hydrogens (tertiary/aromatic N) is 2. The molecule has 0 aliphatic heterocycles. The van der Waals surface area contributed by atoms with E-state index in [1.165, 1.54) is 0 Å². The molecule has 2 rings (SSSR count). The molecule has 0 saturated carbocycles. The minimum absolute atomic E-state index is 0.0302. The summed E-state index contributed by atoms with van der Waals surface area (Å²) < 4.78 is 5.02. The van der Waals surface area contributed by atoms with E-state index in [0.717, 1.165) is 11.1 Å². The van der Waals surface area contributed by atoms with Gasteiger partial charge in [0, 0.05) is 5.56 Å². The van der Waals surface area contributed by atoms with Crippen LogP contribution in [-0.4, -0.2) is 15.2 Å². The van der Waals surface area contributed by atoms with Crippen LogP contribution in [0.2, 0.25) is 0 Å². The van der Waals surface area contributed by atoms with E-state index in [4.69, 9.17) is 9.63 Å². The Balaban J connectivity index is 2.50. The largest absolute Gasteiger partial charge is 0.392 e. The van der Waals surface area contributed by atoms with Gasteiger partial charge in [0.2, 0.25) is 0 Å². The second-order valence-corrected chi connectivity index (χ2v) is 2.96. The number of aryl methyl sites for hydroxylation is 1. The van der Waals surface area contributed by atoms with Gasteiger partial charge in [-0.1, -0.05) is 23.4 Å². The van der Waals surface area contributed by atoms with Gasteiger partial charge in [-0.2, -0.15) is 4.98 Å². The van der Waals surface area contributed by atoms with Gasteiger partial charge in [-0.05, 0) is 18.6 Å². The first-order valence-electron chi connectivity index (χ1n) is 4.30. The Bertz CT molecular complexity index is 437. The van der Waals surface area contributed by atoms with Crippen LogP contribution in [0.3, 0.4) is 0 Å². The van der Waals surface area contributed by atoms with Gasteiger partial charge in [0.1, 0.15) is 0 Å². The molecule has 0 amide bonds. The molecule has 2 aromatic rings. The summed E-state index contributed by atoms with van der Waals surface area (Å²) in [5.41, 5.74) is 1.58. The average molecular weight is 190 g/mol. The molecule has 1 heterocycles. The Kier molecular flexibility index (Phi) is 2.28. The van der Waals surface area contributed by atoms with Crippen molar-refractivity contribution in [2.75, 3.05) is 0 Å². The molecule has 72 valence electrons. The standard InChI is InChI=1S/C10H10N2O2/c1-7-11-10(14-12-7)9-5-3-2-4-8(9)6-13/h2-5,13H,6H2,1H3. The van der Waals surface area contributed by atoms with Crippen LogP contribution in [0.5, 0.6) is 0 Å². The summed E-state index contributed by atoms with van der Waals surface area (Å²) in [5.74, 6) is 1.04. The van der Waals surface area contributed by atoms with Gasteiger partial charge in [-0.15, -0.1) is 0 Å². The molecule has 14 heavy (non-hydrogen) atoms. The van der Waals surface area contributed by atoms with Crippen molar-refractivity contribution < 1.29 is 9.63 Å². The molecule has 0 atom stereocenters. The fourth-order valence-corrected chi connectivity index (χ4v) is 1.27. The lowest BCUT2D eigenvalue weighted by molar-refractivity contribution is 0.282. The van der Waals surface area contributed by atoms with Crippen LogP contribution < -0.4 is 0 Å². The van der Waals surface area contributed by atoms with Gasteiger partial charge in [0.15, 0.2) is 5.82 Å². The topological polar surface area (TPSA) is 59.2 Å². The summed E-state index contributed by atoms with van der Waals surface area (Å²) in [4.78, 5) is 4.10. The summed E-state index contributed by atoms with van der Waals surface area (Å²) in [6, 6.07) is 7.40. The van der Waals surface area contributed by atoms with Crippen molar-refractivity contribution in [1.29, 1.82) is 0 Å². The van der Waals surface area contributed by atoms with Gasteiger partial charge in [-0.25, -0.2) is 0 Å². The summed E-state index contributed by atoms with van der Waals surface area (Å²) in [6.45, 7) is 1.73. The molecule has 0 fully saturated rings. The molecule has 0 aliphatic rings. The molecular formula is C10H10N2O2. The Labute approximate surface area is 81.2 Å². The van der Waals surface area contributed by atoms with Crippen molar-refractivity contribution in [1.82, 2.24) is 10.1 Å². The maximum Gasteiger partial charge on any atom is 0.258 e. The lowest BCUT2D eigenvalue weighted by Crippen LogP contribution is -1.88. The van der Waals surface area contributed by atoms with Crippen LogP contribution in [0.4, 0.5) is 0 Å². The number of hydrogen-bond donors (Lipinski definition) is 1. The molecule has 0 radical (unpaired) electrons. The number of benzene rings is 1. The molecule has 0 aliphatic carbocycles. The number of hydrogen-bond acceptors (Lipinski definition) is 4. The third-order valence-electron chi connectivity index (χ3n) is 1.95. The van der Waals surface area contributed by atoms with Crippen LogP contribution in [-0.2, 0) is 6.61 Å². The molecule has 0 unspecified atom stereocenters. The van der Waals surface area contributed by atoms with Gasteiger partial charge in [0.05, 0.1) is 6.61 Å². The van der Waals surface area contributed by atoms with Crippen molar-refractivity contribution in [3.05, 3.63) is 35.7 Å². The molecule has 1 aromatic carbocycles. The van der Waals surface area contributed by atoms with Crippen molar-refractivity contribution in [3.8, 4) is 11.5 Å². The van der Waals surface area contributed by atoms with Gasteiger partial charge < -0.3 is 9.63 Å². The normalized spacial score (nSPS) is 10.4. The third-order valence-corrected chi connectivity index (χ3v) is 1.95. The van der Waals surface area contributed by atoms with E-state index in [1.807, 2.05) is 24.3 Å². The van der Waals surface area contributed by atoms with Crippen LogP contribution in [0.1, 0.15) is 11.4 Å². The van der Waals surface area contributed by atoms with Gasteiger partial charge in [0.25, 0.3) is 5.89 Å². The zero-order valence-corrected chi connectivity index (χ0v) is 7.77. The summed E-state index contributed by atoms with van der Waals surface area (Å²) >= 11 is 0. The van der Waals surface area contributed by atoms with E-state index in [9.17, 15) is 0 Å². The summed E-state index contributed by atoms with van der Waals surface area (Å²) in [5, 5.41) is 12.8. The first-order valence-corrected chi connectivity index (χ1v) is 4.30. The molecule has 0 bridgehead atoms. The molecule has 1 aromatic heterocycles. The van der Waals surface area contributed by atoms with Gasteiger partial charge >= 0.3 is 0 Å². The average Bonchev–Trinajstić information content (AvgIpc) is 2.65. The van der Waals surface area contributed by atoms with E-state index in [1.54, 1.807) is 6.92 Å². The second-order valence-electron chi connectivity index (χ2n) is 2.96. The third kappa shape index (κ3) is 1.52. The van der Waals surface area contributed by atoms with Gasteiger partial charge in [-0.3, -0.25) is 0 Å². The predicted octanol–water partition coefficient (Wildman–Crippen LogP) is 1.54. The number of aliphatic hydroxyl groups is 1. The fourth-order valence-electron chi connectivity index (χ4n) is 1.27. The minimum atomic E-state index is -0.0302. The maximum absolute atomic E-state index is 9.10. The Hall–Kier alpha value is -1.68. The van der Waals surface area contributed by atoms with Crippen molar-refractivity contribution in [2.24, 2.45) is 0 Å².